The number of anilines is 1. The van der Waals surface area contributed by atoms with E-state index in [-0.39, 0.29) is 18.0 Å². The van der Waals surface area contributed by atoms with E-state index in [9.17, 15) is 9.59 Å². The van der Waals surface area contributed by atoms with Gasteiger partial charge in [-0.05, 0) is 50.4 Å². The van der Waals surface area contributed by atoms with Gasteiger partial charge in [0.25, 0.3) is 5.56 Å². The highest BCUT2D eigenvalue weighted by atomic mass is 32.1. The summed E-state index contributed by atoms with van der Waals surface area (Å²) < 4.78 is 0. The highest BCUT2D eigenvalue weighted by molar-refractivity contribution is 7.18. The number of nitrogens with zero attached hydrogens (tertiary/aromatic N) is 3. The van der Waals surface area contributed by atoms with E-state index >= 15 is 0 Å². The minimum absolute atomic E-state index is 0.0730. The summed E-state index contributed by atoms with van der Waals surface area (Å²) in [5.74, 6) is 0.948. The molecule has 0 aromatic carbocycles. The molecule has 1 aliphatic rings. The molecule has 0 saturated heterocycles. The van der Waals surface area contributed by atoms with Crippen LogP contribution in [0.4, 0.5) is 5.82 Å². The van der Waals surface area contributed by atoms with Crippen LogP contribution in [0.15, 0.2) is 23.1 Å². The summed E-state index contributed by atoms with van der Waals surface area (Å²) in [4.78, 5) is 40.3. The van der Waals surface area contributed by atoms with E-state index in [1.54, 1.807) is 23.6 Å². The van der Waals surface area contributed by atoms with Crippen LogP contribution in [0.2, 0.25) is 0 Å². The van der Waals surface area contributed by atoms with Gasteiger partial charge in [-0.25, -0.2) is 9.97 Å². The summed E-state index contributed by atoms with van der Waals surface area (Å²) in [5.41, 5.74) is 2.14. The van der Waals surface area contributed by atoms with Crippen molar-refractivity contribution in [2.75, 3.05) is 18.9 Å². The Morgan fingerprint density at radius 3 is 3.00 bits per heavy atom. The minimum atomic E-state index is -0.160. The van der Waals surface area contributed by atoms with Gasteiger partial charge in [0, 0.05) is 11.1 Å². The largest absolute Gasteiger partial charge is 0.310 e. The Morgan fingerprint density at radius 1 is 1.37 bits per heavy atom. The number of rotatable bonds is 5. The average molecular weight is 383 g/mol. The van der Waals surface area contributed by atoms with Crippen molar-refractivity contribution in [1.82, 2.24) is 19.9 Å². The number of aromatic nitrogens is 3. The summed E-state index contributed by atoms with van der Waals surface area (Å²) in [5, 5.41) is 3.52. The minimum Gasteiger partial charge on any atom is -0.310 e. The highest BCUT2D eigenvalue weighted by Gasteiger charge is 2.21. The first-order chi connectivity index (χ1) is 13.0. The number of pyridine rings is 1. The maximum absolute atomic E-state index is 12.5. The number of H-pyrrole nitrogens is 1. The number of thiophene rings is 1. The molecule has 0 fully saturated rings. The highest BCUT2D eigenvalue weighted by Crippen LogP contribution is 2.34. The zero-order valence-corrected chi connectivity index (χ0v) is 16.2. The molecule has 0 atom stereocenters. The van der Waals surface area contributed by atoms with Gasteiger partial charge < -0.3 is 10.3 Å². The van der Waals surface area contributed by atoms with Gasteiger partial charge in [-0.15, -0.1) is 11.3 Å². The van der Waals surface area contributed by atoms with Crippen LogP contribution >= 0.6 is 11.3 Å². The SMILES string of the molecule is Cc1ccc(NC(=O)CN(C)Cc2nc3sc4c(c3c(=O)[nH]2)CCC4)nc1. The number of likely N-dealkylation sites (N-methyl/N-ethyl adjacent to an activating group) is 1. The summed E-state index contributed by atoms with van der Waals surface area (Å²) in [6.45, 7) is 2.51. The number of carbonyl (C=O) groups is 1. The molecule has 4 rings (SSSR count). The molecular formula is C19H21N5O2S. The van der Waals surface area contributed by atoms with E-state index in [2.05, 4.69) is 20.3 Å². The van der Waals surface area contributed by atoms with Crippen LogP contribution < -0.4 is 10.9 Å². The smallest absolute Gasteiger partial charge is 0.259 e. The Bertz CT molecular complexity index is 1050. The number of aromatic amines is 1. The normalized spacial score (nSPS) is 13.3. The molecule has 0 saturated carbocycles. The van der Waals surface area contributed by atoms with Crippen molar-refractivity contribution in [1.29, 1.82) is 0 Å². The van der Waals surface area contributed by atoms with Crippen LogP contribution in [-0.4, -0.2) is 39.4 Å². The van der Waals surface area contributed by atoms with Crippen LogP contribution in [-0.2, 0) is 24.2 Å². The molecule has 1 aliphatic carbocycles. The van der Waals surface area contributed by atoms with Crippen molar-refractivity contribution in [3.63, 3.8) is 0 Å². The lowest BCUT2D eigenvalue weighted by Gasteiger charge is -2.15. The van der Waals surface area contributed by atoms with E-state index in [0.717, 1.165) is 35.0 Å². The Balaban J connectivity index is 1.43. The quantitative estimate of drug-likeness (QED) is 0.705. The second-order valence-corrected chi connectivity index (χ2v) is 8.07. The number of carbonyl (C=O) groups excluding carboxylic acids is 1. The molecule has 27 heavy (non-hydrogen) atoms. The average Bonchev–Trinajstić information content (AvgIpc) is 3.17. The molecule has 0 bridgehead atoms. The fourth-order valence-corrected chi connectivity index (χ4v) is 4.68. The Hall–Kier alpha value is -2.58. The van der Waals surface area contributed by atoms with E-state index in [4.69, 9.17) is 0 Å². The van der Waals surface area contributed by atoms with Gasteiger partial charge in [-0.1, -0.05) is 6.07 Å². The van der Waals surface area contributed by atoms with Gasteiger partial charge in [0.05, 0.1) is 18.5 Å². The topological polar surface area (TPSA) is 91.0 Å². The van der Waals surface area contributed by atoms with E-state index in [1.165, 1.54) is 10.4 Å². The number of fused-ring (bicyclic) bond motifs is 3. The second-order valence-electron chi connectivity index (χ2n) is 6.99. The monoisotopic (exact) mass is 383 g/mol. The number of hydrogen-bond donors (Lipinski definition) is 2. The lowest BCUT2D eigenvalue weighted by atomic mass is 10.2. The molecule has 1 amide bonds. The third-order valence-corrected chi connectivity index (χ3v) is 5.82. The fourth-order valence-electron chi connectivity index (χ4n) is 3.40. The van der Waals surface area contributed by atoms with Crippen molar-refractivity contribution in [2.45, 2.75) is 32.7 Å². The number of amides is 1. The van der Waals surface area contributed by atoms with Gasteiger partial charge in [-0.3, -0.25) is 14.5 Å². The van der Waals surface area contributed by atoms with Crippen molar-refractivity contribution < 1.29 is 4.79 Å². The summed E-state index contributed by atoms with van der Waals surface area (Å²) in [6.07, 6.45) is 4.83. The maximum atomic E-state index is 12.5. The van der Waals surface area contributed by atoms with Gasteiger partial charge in [0.1, 0.15) is 16.5 Å². The molecule has 0 unspecified atom stereocenters. The molecule has 3 heterocycles. The second kappa shape index (κ2) is 7.21. The maximum Gasteiger partial charge on any atom is 0.259 e. The molecule has 2 N–H and O–H groups in total. The molecule has 3 aromatic rings. The first-order valence-corrected chi connectivity index (χ1v) is 9.76. The zero-order chi connectivity index (χ0) is 19.0. The molecule has 8 heteroatoms. The molecule has 0 spiro atoms. The predicted octanol–water partition coefficient (Wildman–Crippen LogP) is 2.25. The first-order valence-electron chi connectivity index (χ1n) is 8.94. The summed E-state index contributed by atoms with van der Waals surface area (Å²) >= 11 is 1.62. The Kier molecular flexibility index (Phi) is 4.75. The standard InChI is InChI=1S/C19H21N5O2S/c1-11-6-7-14(20-8-11)21-16(25)10-24(2)9-15-22-18(26)17-12-4-3-5-13(12)27-19(17)23-15/h6-8H,3-5,9-10H2,1-2H3,(H,20,21,25)(H,22,23,26). The van der Waals surface area contributed by atoms with Gasteiger partial charge in [0.2, 0.25) is 5.91 Å². The van der Waals surface area contributed by atoms with Crippen LogP contribution in [0, 0.1) is 6.92 Å². The first kappa shape index (κ1) is 17.8. The lowest BCUT2D eigenvalue weighted by molar-refractivity contribution is -0.117. The third-order valence-electron chi connectivity index (χ3n) is 4.64. The zero-order valence-electron chi connectivity index (χ0n) is 15.3. The Labute approximate surface area is 160 Å². The van der Waals surface area contributed by atoms with Crippen LogP contribution in [0.25, 0.3) is 10.2 Å². The van der Waals surface area contributed by atoms with E-state index in [0.29, 0.717) is 18.2 Å². The van der Waals surface area contributed by atoms with Gasteiger partial charge in [-0.2, -0.15) is 0 Å². The predicted molar refractivity (Wildman–Crippen MR) is 106 cm³/mol. The number of hydrogen-bond acceptors (Lipinski definition) is 6. The lowest BCUT2D eigenvalue weighted by Crippen LogP contribution is -2.31. The van der Waals surface area contributed by atoms with Crippen LogP contribution in [0.3, 0.4) is 0 Å². The molecule has 140 valence electrons. The number of aryl methyl sites for hydroxylation is 3. The molecule has 3 aromatic heterocycles. The fraction of sp³-hybridized carbons (Fsp3) is 0.368. The molecule has 0 radical (unpaired) electrons. The van der Waals surface area contributed by atoms with Crippen molar-refractivity contribution in [3.8, 4) is 0 Å². The molecule has 7 nitrogen and oxygen atoms in total. The molecule has 0 aliphatic heterocycles. The van der Waals surface area contributed by atoms with E-state index in [1.807, 2.05) is 24.9 Å². The van der Waals surface area contributed by atoms with Crippen LogP contribution in [0.5, 0.6) is 0 Å². The van der Waals surface area contributed by atoms with Crippen molar-refractivity contribution in [3.05, 3.63) is 50.5 Å². The van der Waals surface area contributed by atoms with Crippen LogP contribution in [0.1, 0.15) is 28.2 Å². The molecular weight excluding hydrogens is 362 g/mol. The number of nitrogens with one attached hydrogen (secondary N) is 2. The van der Waals surface area contributed by atoms with Crippen molar-refractivity contribution >= 4 is 33.3 Å². The third kappa shape index (κ3) is 3.77. The van der Waals surface area contributed by atoms with Gasteiger partial charge >= 0.3 is 0 Å². The van der Waals surface area contributed by atoms with E-state index < -0.39 is 0 Å². The Morgan fingerprint density at radius 2 is 2.22 bits per heavy atom. The van der Waals surface area contributed by atoms with Crippen molar-refractivity contribution in [2.24, 2.45) is 0 Å². The summed E-state index contributed by atoms with van der Waals surface area (Å²) in [7, 11) is 1.82. The summed E-state index contributed by atoms with van der Waals surface area (Å²) in [6, 6.07) is 3.67. The van der Waals surface area contributed by atoms with Gasteiger partial charge in [0.15, 0.2) is 0 Å².